The van der Waals surface area contributed by atoms with E-state index >= 15 is 8.78 Å². The third kappa shape index (κ3) is 6.41. The minimum absolute atomic E-state index is 0.0241. The maximum absolute atomic E-state index is 16.3. The zero-order chi connectivity index (χ0) is 32.2. The highest BCUT2D eigenvalue weighted by atomic mass is 28.4. The molecule has 8 nitrogen and oxygen atoms in total. The van der Waals surface area contributed by atoms with Gasteiger partial charge in [0.25, 0.3) is 14.2 Å². The number of oxime groups is 1. The zero-order valence-corrected chi connectivity index (χ0v) is 27.3. The molecule has 3 aromatic carbocycles. The first-order valence-corrected chi connectivity index (χ1v) is 16.5. The Morgan fingerprint density at radius 3 is 2.00 bits per heavy atom. The predicted molar refractivity (Wildman–Crippen MR) is 169 cm³/mol. The molecule has 1 N–H and O–H groups in total. The molecule has 0 saturated carbocycles. The van der Waals surface area contributed by atoms with Crippen molar-refractivity contribution < 1.29 is 32.8 Å². The minimum Gasteiger partial charge on any atom is -0.410 e. The van der Waals surface area contributed by atoms with E-state index in [2.05, 4.69) is 25.9 Å². The number of anilines is 1. The average molecular weight is 626 g/mol. The van der Waals surface area contributed by atoms with Crippen LogP contribution in [0.3, 0.4) is 0 Å². The van der Waals surface area contributed by atoms with Crippen LogP contribution in [0.2, 0.25) is 5.04 Å². The number of hydrogen-bond acceptors (Lipinski definition) is 7. The molecule has 44 heavy (non-hydrogen) atoms. The van der Waals surface area contributed by atoms with Gasteiger partial charge in [0.05, 0.1) is 31.6 Å². The first kappa shape index (κ1) is 33.3. The molecule has 2 atom stereocenters. The number of halogens is 2. The minimum atomic E-state index is -3.10. The van der Waals surface area contributed by atoms with Gasteiger partial charge in [-0.25, -0.2) is 13.8 Å². The highest BCUT2D eigenvalue weighted by Gasteiger charge is 2.50. The number of morpholine rings is 1. The smallest absolute Gasteiger partial charge is 0.299 e. The van der Waals surface area contributed by atoms with Crippen molar-refractivity contribution in [1.82, 2.24) is 5.06 Å². The summed E-state index contributed by atoms with van der Waals surface area (Å²) >= 11 is 0. The normalized spacial score (nSPS) is 17.9. The Balaban J connectivity index is 1.94. The molecular weight excluding hydrogens is 584 g/mol. The molecule has 1 aliphatic rings. The van der Waals surface area contributed by atoms with Crippen molar-refractivity contribution in [2.75, 3.05) is 32.1 Å². The van der Waals surface area contributed by atoms with Crippen molar-refractivity contribution in [3.63, 3.8) is 0 Å². The molecule has 0 aromatic heterocycles. The summed E-state index contributed by atoms with van der Waals surface area (Å²) in [7, 11) is -0.585. The van der Waals surface area contributed by atoms with Crippen LogP contribution in [0, 0.1) is 11.6 Å². The molecule has 1 aliphatic heterocycles. The Bertz CT molecular complexity index is 1430. The molecule has 0 radical (unpaired) electrons. The van der Waals surface area contributed by atoms with Gasteiger partial charge in [-0.15, -0.1) is 0 Å². The van der Waals surface area contributed by atoms with E-state index in [1.807, 2.05) is 74.5 Å². The monoisotopic (exact) mass is 625 g/mol. The lowest BCUT2D eigenvalue weighted by molar-refractivity contribution is -0.160. The molecule has 0 bridgehead atoms. The fourth-order valence-electron chi connectivity index (χ4n) is 6.05. The van der Waals surface area contributed by atoms with E-state index in [0.717, 1.165) is 15.4 Å². The second kappa shape index (κ2) is 13.6. The standard InChI is InChI=1S/C33H41F2N3O5Si/c1-22-19-38(20-23(2)43-22)31-24(18-27(28(34)29(31)35)30(36-40)32(39)37(6)41-7)21-42-44(33(3,4)5,25-14-10-8-11-15-25)26-16-12-9-13-17-26/h8-18,22-23,40H,19-21H2,1-7H3/t22-,23+. The molecule has 236 valence electrons. The molecule has 3 aromatic rings. The van der Waals surface area contributed by atoms with Crippen LogP contribution in [0.5, 0.6) is 0 Å². The van der Waals surface area contributed by atoms with Crippen molar-refractivity contribution in [2.45, 2.75) is 58.5 Å². The quantitative estimate of drug-likeness (QED) is 0.158. The SMILES string of the molecule is CON(C)C(=O)C(=NO)c1cc(CO[Si](c2ccccc2)(c2ccccc2)C(C)(C)C)c(N2C[C@@H](C)O[C@@H](C)C2)c(F)c1F. The molecule has 0 aliphatic carbocycles. The van der Waals surface area contributed by atoms with E-state index in [-0.39, 0.29) is 29.5 Å². The summed E-state index contributed by atoms with van der Waals surface area (Å²) < 4.78 is 45.2. The number of hydrogen-bond donors (Lipinski definition) is 1. The van der Waals surface area contributed by atoms with Gasteiger partial charge < -0.3 is 19.3 Å². The van der Waals surface area contributed by atoms with Gasteiger partial charge in [-0.2, -0.15) is 0 Å². The van der Waals surface area contributed by atoms with Crippen molar-refractivity contribution in [3.8, 4) is 0 Å². The molecule has 1 saturated heterocycles. The van der Waals surface area contributed by atoms with Crippen LogP contribution >= 0.6 is 0 Å². The van der Waals surface area contributed by atoms with Gasteiger partial charge in [0, 0.05) is 31.3 Å². The first-order chi connectivity index (χ1) is 20.8. The van der Waals surface area contributed by atoms with Crippen LogP contribution in [0.1, 0.15) is 45.7 Å². The molecule has 11 heteroatoms. The number of hydroxylamine groups is 2. The Kier molecular flexibility index (Phi) is 10.2. The molecule has 1 amide bonds. The van der Waals surface area contributed by atoms with Crippen LogP contribution < -0.4 is 15.3 Å². The van der Waals surface area contributed by atoms with Crippen molar-refractivity contribution in [2.24, 2.45) is 5.16 Å². The zero-order valence-electron chi connectivity index (χ0n) is 26.3. The maximum atomic E-state index is 16.3. The van der Waals surface area contributed by atoms with Gasteiger partial charge in [0.2, 0.25) is 0 Å². The lowest BCUT2D eigenvalue weighted by Gasteiger charge is -2.43. The van der Waals surface area contributed by atoms with E-state index in [0.29, 0.717) is 18.7 Å². The highest BCUT2D eigenvalue weighted by Crippen LogP contribution is 2.39. The fourth-order valence-corrected chi connectivity index (χ4v) is 10.6. The van der Waals surface area contributed by atoms with E-state index in [9.17, 15) is 10.0 Å². The molecular formula is C33H41F2N3O5Si. The molecule has 1 fully saturated rings. The second-order valence-electron chi connectivity index (χ2n) is 12.1. The number of likely N-dealkylation sites (N-methyl/N-ethyl adjacent to an activating group) is 1. The summed E-state index contributed by atoms with van der Waals surface area (Å²) in [6.45, 7) is 10.6. The van der Waals surface area contributed by atoms with Crippen LogP contribution in [-0.4, -0.2) is 69.7 Å². The van der Waals surface area contributed by atoms with Gasteiger partial charge in [-0.05, 0) is 35.3 Å². The number of ether oxygens (including phenoxy) is 1. The van der Waals surface area contributed by atoms with Crippen LogP contribution in [0.15, 0.2) is 71.9 Å². The van der Waals surface area contributed by atoms with Crippen LogP contribution in [0.25, 0.3) is 0 Å². The Labute approximate surface area is 258 Å². The number of rotatable bonds is 9. The Morgan fingerprint density at radius 2 is 1.55 bits per heavy atom. The number of carbonyl (C=O) groups excluding carboxylic acids is 1. The van der Waals surface area contributed by atoms with Gasteiger partial charge in [0.15, 0.2) is 17.3 Å². The first-order valence-electron chi connectivity index (χ1n) is 14.6. The van der Waals surface area contributed by atoms with Gasteiger partial charge in [-0.1, -0.05) is 86.6 Å². The number of benzene rings is 3. The Morgan fingerprint density at radius 1 is 1.02 bits per heavy atom. The number of nitrogens with zero attached hydrogens (tertiary/aromatic N) is 3. The summed E-state index contributed by atoms with van der Waals surface area (Å²) in [5.74, 6) is -3.43. The van der Waals surface area contributed by atoms with Gasteiger partial charge in [0.1, 0.15) is 0 Å². The topological polar surface area (TPSA) is 83.8 Å². The highest BCUT2D eigenvalue weighted by molar-refractivity contribution is 6.99. The van der Waals surface area contributed by atoms with E-state index < -0.39 is 37.1 Å². The molecule has 4 rings (SSSR count). The summed E-state index contributed by atoms with van der Waals surface area (Å²) in [6, 6.07) is 21.3. The lowest BCUT2D eigenvalue weighted by Crippen LogP contribution is -2.66. The summed E-state index contributed by atoms with van der Waals surface area (Å²) in [5, 5.41) is 15.3. The fraction of sp³-hybridized carbons (Fsp3) is 0.394. The van der Waals surface area contributed by atoms with E-state index in [1.54, 1.807) is 4.90 Å². The van der Waals surface area contributed by atoms with Crippen molar-refractivity contribution in [1.29, 1.82) is 0 Å². The third-order valence-corrected chi connectivity index (χ3v) is 13.0. The number of amides is 1. The Hall–Kier alpha value is -3.64. The summed E-state index contributed by atoms with van der Waals surface area (Å²) in [5.41, 5.74) is -0.871. The van der Waals surface area contributed by atoms with Crippen LogP contribution in [0.4, 0.5) is 14.5 Å². The molecule has 0 unspecified atom stereocenters. The van der Waals surface area contributed by atoms with E-state index in [4.69, 9.17) is 14.0 Å². The molecule has 1 heterocycles. The third-order valence-electron chi connectivity index (χ3n) is 7.97. The molecule has 0 spiro atoms. The van der Waals surface area contributed by atoms with Crippen molar-refractivity contribution >= 4 is 36.0 Å². The van der Waals surface area contributed by atoms with Crippen molar-refractivity contribution in [3.05, 3.63) is 89.5 Å². The number of carbonyl (C=O) groups is 1. The van der Waals surface area contributed by atoms with Gasteiger partial charge in [-0.3, -0.25) is 9.63 Å². The maximum Gasteiger partial charge on any atom is 0.299 e. The van der Waals surface area contributed by atoms with E-state index in [1.165, 1.54) is 20.2 Å². The summed E-state index contributed by atoms with van der Waals surface area (Å²) in [6.07, 6.45) is -0.476. The second-order valence-corrected chi connectivity index (χ2v) is 16.4. The largest absolute Gasteiger partial charge is 0.410 e. The lowest BCUT2D eigenvalue weighted by atomic mass is 10.0. The predicted octanol–water partition coefficient (Wildman–Crippen LogP) is 4.85. The average Bonchev–Trinajstić information content (AvgIpc) is 2.99. The van der Waals surface area contributed by atoms with Crippen LogP contribution in [-0.2, 0) is 25.4 Å². The van der Waals surface area contributed by atoms with Gasteiger partial charge >= 0.3 is 0 Å². The summed E-state index contributed by atoms with van der Waals surface area (Å²) in [4.78, 5) is 19.6.